The van der Waals surface area contributed by atoms with Crippen molar-refractivity contribution >= 4 is 11.3 Å². The van der Waals surface area contributed by atoms with E-state index in [1.54, 1.807) is 11.3 Å². The largest absolute Gasteiger partial charge is 0.392 e. The van der Waals surface area contributed by atoms with Crippen LogP contribution in [0, 0.1) is 6.92 Å². The molecule has 2 rings (SSSR count). The van der Waals surface area contributed by atoms with E-state index in [9.17, 15) is 5.11 Å². The normalized spacial score (nSPS) is 24.0. The van der Waals surface area contributed by atoms with Crippen molar-refractivity contribution < 1.29 is 5.11 Å². The molecule has 1 aromatic heterocycles. The van der Waals surface area contributed by atoms with E-state index in [0.29, 0.717) is 0 Å². The Hall–Kier alpha value is -0.450. The average Bonchev–Trinajstić information content (AvgIpc) is 2.51. The maximum Gasteiger partial charge on any atom is 0.0897 e. The second kappa shape index (κ2) is 4.38. The van der Waals surface area contributed by atoms with Crippen LogP contribution in [0.3, 0.4) is 0 Å². The molecule has 14 heavy (non-hydrogen) atoms. The highest BCUT2D eigenvalue weighted by Gasteiger charge is 2.18. The second-order valence-electron chi connectivity index (χ2n) is 3.89. The molecule has 0 spiro atoms. The number of hydrogen-bond acceptors (Lipinski definition) is 4. The second-order valence-corrected chi connectivity index (χ2v) is 4.95. The van der Waals surface area contributed by atoms with Crippen LogP contribution in [0.1, 0.15) is 23.5 Å². The molecule has 0 bridgehead atoms. The third-order valence-corrected chi connectivity index (χ3v) is 3.36. The van der Waals surface area contributed by atoms with Gasteiger partial charge >= 0.3 is 0 Å². The lowest BCUT2D eigenvalue weighted by Crippen LogP contribution is -2.37. The molecular formula is C10H16N2OS. The number of aryl methyl sites for hydroxylation is 1. The van der Waals surface area contributed by atoms with Gasteiger partial charge in [-0.2, -0.15) is 0 Å². The average molecular weight is 212 g/mol. The Labute approximate surface area is 88.4 Å². The number of aromatic nitrogens is 1. The summed E-state index contributed by atoms with van der Waals surface area (Å²) in [5, 5.41) is 12.7. The molecule has 4 heteroatoms. The van der Waals surface area contributed by atoms with Crippen molar-refractivity contribution in [2.45, 2.75) is 32.4 Å². The Morgan fingerprint density at radius 3 is 3.21 bits per heavy atom. The molecule has 1 aliphatic heterocycles. The van der Waals surface area contributed by atoms with Gasteiger partial charge in [0, 0.05) is 18.5 Å². The summed E-state index contributed by atoms with van der Waals surface area (Å²) in [6.45, 7) is 4.81. The highest BCUT2D eigenvalue weighted by Crippen LogP contribution is 2.15. The van der Waals surface area contributed by atoms with E-state index in [-0.39, 0.29) is 6.10 Å². The van der Waals surface area contributed by atoms with Crippen molar-refractivity contribution in [3.8, 4) is 0 Å². The molecule has 1 fully saturated rings. The van der Waals surface area contributed by atoms with Crippen LogP contribution in [0.5, 0.6) is 0 Å². The van der Waals surface area contributed by atoms with Crippen LogP contribution in [0.25, 0.3) is 0 Å². The summed E-state index contributed by atoms with van der Waals surface area (Å²) < 4.78 is 0. The molecular weight excluding hydrogens is 196 g/mol. The van der Waals surface area contributed by atoms with Gasteiger partial charge in [-0.05, 0) is 26.3 Å². The number of rotatable bonds is 2. The molecule has 0 unspecified atom stereocenters. The van der Waals surface area contributed by atoms with E-state index in [0.717, 1.165) is 43.2 Å². The quantitative estimate of drug-likeness (QED) is 0.805. The molecule has 0 saturated carbocycles. The monoisotopic (exact) mass is 212 g/mol. The molecule has 0 amide bonds. The third kappa shape index (κ3) is 2.53. The van der Waals surface area contributed by atoms with Gasteiger partial charge in [0.1, 0.15) is 0 Å². The van der Waals surface area contributed by atoms with Crippen molar-refractivity contribution in [1.82, 2.24) is 9.88 Å². The van der Waals surface area contributed by atoms with Gasteiger partial charge in [0.05, 0.1) is 16.8 Å². The minimum atomic E-state index is -0.136. The van der Waals surface area contributed by atoms with Crippen LogP contribution in [0.4, 0.5) is 0 Å². The van der Waals surface area contributed by atoms with Crippen LogP contribution < -0.4 is 0 Å². The number of piperidine rings is 1. The summed E-state index contributed by atoms with van der Waals surface area (Å²) in [5.74, 6) is 0. The van der Waals surface area contributed by atoms with Gasteiger partial charge in [-0.3, -0.25) is 4.90 Å². The SMILES string of the molecule is Cc1nc(CN2CCC[C@@H](O)C2)cs1. The van der Waals surface area contributed by atoms with E-state index < -0.39 is 0 Å². The Bertz CT molecular complexity index is 300. The standard InChI is InChI=1S/C10H16N2OS/c1-8-11-9(7-14-8)5-12-4-2-3-10(13)6-12/h7,10,13H,2-6H2,1H3/t10-/m1/s1. The maximum absolute atomic E-state index is 9.50. The first-order valence-corrected chi connectivity index (χ1v) is 5.93. The van der Waals surface area contributed by atoms with Crippen LogP contribution in [-0.2, 0) is 6.54 Å². The van der Waals surface area contributed by atoms with Crippen molar-refractivity contribution in [3.63, 3.8) is 0 Å². The number of nitrogens with zero attached hydrogens (tertiary/aromatic N) is 2. The molecule has 78 valence electrons. The van der Waals surface area contributed by atoms with Crippen molar-refractivity contribution in [2.24, 2.45) is 0 Å². The summed E-state index contributed by atoms with van der Waals surface area (Å²) in [6, 6.07) is 0. The zero-order valence-electron chi connectivity index (χ0n) is 8.44. The van der Waals surface area contributed by atoms with Gasteiger partial charge in [0.25, 0.3) is 0 Å². The summed E-state index contributed by atoms with van der Waals surface area (Å²) in [7, 11) is 0. The molecule has 1 aromatic rings. The van der Waals surface area contributed by atoms with E-state index in [1.807, 2.05) is 6.92 Å². The fourth-order valence-electron chi connectivity index (χ4n) is 1.88. The first-order chi connectivity index (χ1) is 6.74. The molecule has 1 aliphatic rings. The molecule has 2 heterocycles. The van der Waals surface area contributed by atoms with Gasteiger partial charge in [0.2, 0.25) is 0 Å². The van der Waals surface area contributed by atoms with E-state index in [2.05, 4.69) is 15.3 Å². The number of aliphatic hydroxyl groups excluding tert-OH is 1. The molecule has 1 N–H and O–H groups in total. The van der Waals surface area contributed by atoms with Crippen LogP contribution in [-0.4, -0.2) is 34.2 Å². The Kier molecular flexibility index (Phi) is 3.15. The predicted molar refractivity (Wildman–Crippen MR) is 57.4 cm³/mol. The highest BCUT2D eigenvalue weighted by molar-refractivity contribution is 7.09. The molecule has 3 nitrogen and oxygen atoms in total. The number of hydrogen-bond donors (Lipinski definition) is 1. The van der Waals surface area contributed by atoms with Crippen molar-refractivity contribution in [3.05, 3.63) is 16.1 Å². The van der Waals surface area contributed by atoms with Crippen molar-refractivity contribution in [2.75, 3.05) is 13.1 Å². The van der Waals surface area contributed by atoms with Crippen LogP contribution in [0.15, 0.2) is 5.38 Å². The van der Waals surface area contributed by atoms with E-state index >= 15 is 0 Å². The first kappa shape index (κ1) is 10.1. The zero-order valence-corrected chi connectivity index (χ0v) is 9.26. The van der Waals surface area contributed by atoms with E-state index in [1.165, 1.54) is 0 Å². The molecule has 0 aromatic carbocycles. The molecule has 0 radical (unpaired) electrons. The Morgan fingerprint density at radius 2 is 2.57 bits per heavy atom. The lowest BCUT2D eigenvalue weighted by molar-refractivity contribution is 0.0663. The third-order valence-electron chi connectivity index (χ3n) is 2.53. The number of thiazole rings is 1. The van der Waals surface area contributed by atoms with Crippen LogP contribution in [0.2, 0.25) is 0 Å². The lowest BCUT2D eigenvalue weighted by atomic mass is 10.1. The van der Waals surface area contributed by atoms with Gasteiger partial charge in [-0.1, -0.05) is 0 Å². The number of β-amino-alcohol motifs (C(OH)–C–C–N with tert-alkyl or cyclic N) is 1. The fraction of sp³-hybridized carbons (Fsp3) is 0.700. The summed E-state index contributed by atoms with van der Waals surface area (Å²) in [4.78, 5) is 6.71. The topological polar surface area (TPSA) is 36.4 Å². The Morgan fingerprint density at radius 1 is 1.71 bits per heavy atom. The summed E-state index contributed by atoms with van der Waals surface area (Å²) >= 11 is 1.69. The summed E-state index contributed by atoms with van der Waals surface area (Å²) in [5.41, 5.74) is 1.14. The van der Waals surface area contributed by atoms with Gasteiger partial charge in [-0.15, -0.1) is 11.3 Å². The molecule has 1 saturated heterocycles. The maximum atomic E-state index is 9.50. The van der Waals surface area contributed by atoms with E-state index in [4.69, 9.17) is 0 Å². The molecule has 1 atom stereocenters. The van der Waals surface area contributed by atoms with Crippen molar-refractivity contribution in [1.29, 1.82) is 0 Å². The highest BCUT2D eigenvalue weighted by atomic mass is 32.1. The van der Waals surface area contributed by atoms with Gasteiger partial charge < -0.3 is 5.11 Å². The minimum Gasteiger partial charge on any atom is -0.392 e. The van der Waals surface area contributed by atoms with Crippen LogP contribution >= 0.6 is 11.3 Å². The lowest BCUT2D eigenvalue weighted by Gasteiger charge is -2.29. The Balaban J connectivity index is 1.90. The number of aliphatic hydroxyl groups is 1. The summed E-state index contributed by atoms with van der Waals surface area (Å²) in [6.07, 6.45) is 1.92. The zero-order chi connectivity index (χ0) is 9.97. The first-order valence-electron chi connectivity index (χ1n) is 5.05. The van der Waals surface area contributed by atoms with Gasteiger partial charge in [-0.25, -0.2) is 4.98 Å². The minimum absolute atomic E-state index is 0.136. The predicted octanol–water partition coefficient (Wildman–Crippen LogP) is 1.41. The van der Waals surface area contributed by atoms with Gasteiger partial charge in [0.15, 0.2) is 0 Å². The fourth-order valence-corrected chi connectivity index (χ4v) is 2.49. The number of likely N-dealkylation sites (tertiary alicyclic amines) is 1. The molecule has 0 aliphatic carbocycles. The smallest absolute Gasteiger partial charge is 0.0897 e.